The van der Waals surface area contributed by atoms with Gasteiger partial charge in [-0.3, -0.25) is 0 Å². The van der Waals surface area contributed by atoms with Gasteiger partial charge in [0.05, 0.1) is 16.4 Å². The second-order valence-corrected chi connectivity index (χ2v) is 7.21. The van der Waals surface area contributed by atoms with Crippen LogP contribution in [0.1, 0.15) is 51.9 Å². The van der Waals surface area contributed by atoms with Gasteiger partial charge in [-0.05, 0) is 30.2 Å². The quantitative estimate of drug-likeness (QED) is 0.706. The first kappa shape index (κ1) is 15.4. The van der Waals surface area contributed by atoms with Crippen LogP contribution in [0.4, 0.5) is 0 Å². The predicted octanol–water partition coefficient (Wildman–Crippen LogP) is 5.60. The Balaban J connectivity index is 2.63. The number of nitrogens with zero attached hydrogens (tertiary/aromatic N) is 2. The van der Waals surface area contributed by atoms with Gasteiger partial charge < -0.3 is 0 Å². The molecule has 2 nitrogen and oxygen atoms in total. The Bertz CT molecular complexity index is 622. The summed E-state index contributed by atoms with van der Waals surface area (Å²) in [4.78, 5) is 0. The van der Waals surface area contributed by atoms with Crippen molar-refractivity contribution in [1.29, 1.82) is 0 Å². The number of benzene rings is 1. The molecule has 0 saturated carbocycles. The molecule has 0 amide bonds. The molecule has 0 atom stereocenters. The van der Waals surface area contributed by atoms with Crippen molar-refractivity contribution in [1.82, 2.24) is 9.78 Å². The van der Waals surface area contributed by atoms with Crippen LogP contribution >= 0.6 is 23.2 Å². The summed E-state index contributed by atoms with van der Waals surface area (Å²) in [7, 11) is 0. The first-order valence-corrected chi connectivity index (χ1v) is 7.51. The normalized spacial score (nSPS) is 12.2. The summed E-state index contributed by atoms with van der Waals surface area (Å²) in [6, 6.07) is 7.66. The summed E-state index contributed by atoms with van der Waals surface area (Å²) in [6.07, 6.45) is 0. The molecule has 0 aliphatic carbocycles. The molecule has 0 unspecified atom stereocenters. The molecule has 4 heteroatoms. The Morgan fingerprint density at radius 2 is 1.75 bits per heavy atom. The van der Waals surface area contributed by atoms with Crippen molar-refractivity contribution in [3.63, 3.8) is 0 Å². The van der Waals surface area contributed by atoms with Gasteiger partial charge in [-0.2, -0.15) is 5.10 Å². The van der Waals surface area contributed by atoms with Crippen LogP contribution in [0, 0.1) is 0 Å². The molecule has 0 aliphatic heterocycles. The van der Waals surface area contributed by atoms with Gasteiger partial charge in [0, 0.05) is 16.1 Å². The highest BCUT2D eigenvalue weighted by atomic mass is 35.5. The van der Waals surface area contributed by atoms with Crippen molar-refractivity contribution in [2.75, 3.05) is 0 Å². The second-order valence-electron chi connectivity index (χ2n) is 6.37. The Morgan fingerprint density at radius 1 is 1.10 bits per heavy atom. The van der Waals surface area contributed by atoms with E-state index in [1.54, 1.807) is 6.07 Å². The van der Waals surface area contributed by atoms with Crippen LogP contribution in [0.2, 0.25) is 10.0 Å². The zero-order valence-electron chi connectivity index (χ0n) is 12.5. The number of aromatic nitrogens is 2. The molecular formula is C16H20Cl2N2. The minimum atomic E-state index is 0.00773. The molecule has 0 radical (unpaired) electrons. The van der Waals surface area contributed by atoms with E-state index in [0.29, 0.717) is 16.0 Å². The van der Waals surface area contributed by atoms with E-state index in [4.69, 9.17) is 28.3 Å². The zero-order chi connectivity index (χ0) is 15.1. The lowest BCUT2D eigenvalue weighted by Crippen LogP contribution is -2.12. The molecule has 2 aromatic rings. The van der Waals surface area contributed by atoms with Crippen LogP contribution in [0.15, 0.2) is 24.3 Å². The van der Waals surface area contributed by atoms with Crippen LogP contribution in [0.25, 0.3) is 5.69 Å². The number of rotatable bonds is 2. The van der Waals surface area contributed by atoms with Crippen LogP contribution < -0.4 is 0 Å². The number of hydrogen-bond acceptors (Lipinski definition) is 1. The third-order valence-electron chi connectivity index (χ3n) is 3.23. The van der Waals surface area contributed by atoms with Gasteiger partial charge in [0.25, 0.3) is 0 Å². The van der Waals surface area contributed by atoms with Gasteiger partial charge in [0.2, 0.25) is 0 Å². The van der Waals surface area contributed by atoms with Crippen LogP contribution in [-0.4, -0.2) is 9.78 Å². The molecule has 0 aliphatic rings. The monoisotopic (exact) mass is 310 g/mol. The van der Waals surface area contributed by atoms with E-state index in [2.05, 4.69) is 40.7 Å². The Labute approximate surface area is 130 Å². The number of halogens is 2. The summed E-state index contributed by atoms with van der Waals surface area (Å²) in [5, 5.41) is 6.00. The Morgan fingerprint density at radius 3 is 2.25 bits per heavy atom. The van der Waals surface area contributed by atoms with Crippen molar-refractivity contribution in [2.45, 2.75) is 46.0 Å². The second kappa shape index (κ2) is 5.42. The molecule has 0 bridgehead atoms. The summed E-state index contributed by atoms with van der Waals surface area (Å²) < 4.78 is 1.93. The highest BCUT2D eigenvalue weighted by Gasteiger charge is 2.22. The highest BCUT2D eigenvalue weighted by molar-refractivity contribution is 6.35. The maximum atomic E-state index is 6.32. The van der Waals surface area contributed by atoms with Crippen molar-refractivity contribution in [2.24, 2.45) is 0 Å². The Hall–Kier alpha value is -0.990. The minimum Gasteiger partial charge on any atom is -0.236 e. The molecule has 1 aromatic heterocycles. The van der Waals surface area contributed by atoms with Gasteiger partial charge in [-0.15, -0.1) is 0 Å². The van der Waals surface area contributed by atoms with Crippen molar-refractivity contribution in [3.8, 4) is 5.69 Å². The first-order chi connectivity index (χ1) is 9.20. The van der Waals surface area contributed by atoms with Crippen LogP contribution in [0.5, 0.6) is 0 Å². The standard InChI is InChI=1S/C16H20Cl2N2/c1-10(2)14-9-15(16(3,4)5)19-20(14)13-7-6-11(17)8-12(13)18/h6-10H,1-5H3. The zero-order valence-corrected chi connectivity index (χ0v) is 14.0. The molecule has 1 heterocycles. The molecule has 0 saturated heterocycles. The van der Waals surface area contributed by atoms with Gasteiger partial charge in [-0.1, -0.05) is 57.8 Å². The van der Waals surface area contributed by atoms with Crippen molar-refractivity contribution in [3.05, 3.63) is 45.7 Å². The fourth-order valence-electron chi connectivity index (χ4n) is 2.02. The van der Waals surface area contributed by atoms with Gasteiger partial charge in [0.15, 0.2) is 0 Å². The van der Waals surface area contributed by atoms with Gasteiger partial charge in [-0.25, -0.2) is 4.68 Å². The summed E-state index contributed by atoms with van der Waals surface area (Å²) >= 11 is 12.3. The molecule has 108 valence electrons. The van der Waals surface area contributed by atoms with E-state index >= 15 is 0 Å². The topological polar surface area (TPSA) is 17.8 Å². The van der Waals surface area contributed by atoms with E-state index in [-0.39, 0.29) is 5.41 Å². The van der Waals surface area contributed by atoms with Gasteiger partial charge >= 0.3 is 0 Å². The summed E-state index contributed by atoms with van der Waals surface area (Å²) in [5.74, 6) is 0.366. The molecular weight excluding hydrogens is 291 g/mol. The molecule has 0 spiro atoms. The predicted molar refractivity (Wildman–Crippen MR) is 86.4 cm³/mol. The van der Waals surface area contributed by atoms with E-state index < -0.39 is 0 Å². The fraction of sp³-hybridized carbons (Fsp3) is 0.438. The maximum Gasteiger partial charge on any atom is 0.0836 e. The lowest BCUT2D eigenvalue weighted by atomic mass is 9.91. The third-order valence-corrected chi connectivity index (χ3v) is 3.77. The third kappa shape index (κ3) is 3.02. The lowest BCUT2D eigenvalue weighted by Gasteiger charge is -2.14. The molecule has 20 heavy (non-hydrogen) atoms. The van der Waals surface area contributed by atoms with Crippen molar-refractivity contribution >= 4 is 23.2 Å². The van der Waals surface area contributed by atoms with E-state index in [9.17, 15) is 0 Å². The fourth-order valence-corrected chi connectivity index (χ4v) is 2.51. The largest absolute Gasteiger partial charge is 0.236 e. The highest BCUT2D eigenvalue weighted by Crippen LogP contribution is 2.30. The van der Waals surface area contributed by atoms with E-state index in [0.717, 1.165) is 17.1 Å². The SMILES string of the molecule is CC(C)c1cc(C(C)(C)C)nn1-c1ccc(Cl)cc1Cl. The number of hydrogen-bond donors (Lipinski definition) is 0. The van der Waals surface area contributed by atoms with Crippen LogP contribution in [0.3, 0.4) is 0 Å². The average molecular weight is 311 g/mol. The minimum absolute atomic E-state index is 0.00773. The first-order valence-electron chi connectivity index (χ1n) is 6.76. The smallest absolute Gasteiger partial charge is 0.0836 e. The summed E-state index contributed by atoms with van der Waals surface area (Å²) in [5.41, 5.74) is 3.09. The molecule has 2 rings (SSSR count). The average Bonchev–Trinajstić information content (AvgIpc) is 2.73. The van der Waals surface area contributed by atoms with E-state index in [1.165, 1.54) is 0 Å². The maximum absolute atomic E-state index is 6.32. The van der Waals surface area contributed by atoms with Crippen molar-refractivity contribution < 1.29 is 0 Å². The molecule has 0 N–H and O–H groups in total. The summed E-state index contributed by atoms with van der Waals surface area (Å²) in [6.45, 7) is 10.8. The van der Waals surface area contributed by atoms with Gasteiger partial charge in [0.1, 0.15) is 0 Å². The molecule has 0 fully saturated rings. The van der Waals surface area contributed by atoms with E-state index in [1.807, 2.05) is 16.8 Å². The lowest BCUT2D eigenvalue weighted by molar-refractivity contribution is 0.559. The Kier molecular flexibility index (Phi) is 4.17. The molecule has 1 aromatic carbocycles. The van der Waals surface area contributed by atoms with Crippen LogP contribution in [-0.2, 0) is 5.41 Å².